The summed E-state index contributed by atoms with van der Waals surface area (Å²) < 4.78 is 20.7. The van der Waals surface area contributed by atoms with Crippen molar-refractivity contribution in [2.45, 2.75) is 46.4 Å². The number of rotatable bonds is 2. The topological polar surface area (TPSA) is 90.5 Å². The third-order valence-electron chi connectivity index (χ3n) is 4.31. The Bertz CT molecular complexity index is 914. The highest BCUT2D eigenvalue weighted by Crippen LogP contribution is 2.29. The highest BCUT2D eigenvalue weighted by molar-refractivity contribution is 6.00. The van der Waals surface area contributed by atoms with Gasteiger partial charge in [-0.15, -0.1) is 0 Å². The van der Waals surface area contributed by atoms with Crippen molar-refractivity contribution in [2.24, 2.45) is 5.73 Å². The second-order valence-electron chi connectivity index (χ2n) is 7.62. The molecule has 8 heteroatoms. The Morgan fingerprint density at radius 3 is 2.56 bits per heavy atom. The summed E-state index contributed by atoms with van der Waals surface area (Å²) in [5, 5.41) is 4.50. The zero-order valence-corrected chi connectivity index (χ0v) is 15.9. The van der Waals surface area contributed by atoms with E-state index in [0.29, 0.717) is 35.6 Å². The predicted octanol–water partition coefficient (Wildman–Crippen LogP) is 2.85. The van der Waals surface area contributed by atoms with Crippen molar-refractivity contribution in [3.05, 3.63) is 40.8 Å². The lowest BCUT2D eigenvalue weighted by molar-refractivity contribution is 0.0193. The van der Waals surface area contributed by atoms with Crippen LogP contribution in [0, 0.1) is 12.7 Å². The fourth-order valence-corrected chi connectivity index (χ4v) is 3.05. The molecule has 2 N–H and O–H groups in total. The number of hydrogen-bond acceptors (Lipinski definition) is 4. The van der Waals surface area contributed by atoms with Gasteiger partial charge < -0.3 is 15.4 Å². The van der Waals surface area contributed by atoms with Gasteiger partial charge in [0, 0.05) is 12.1 Å². The molecule has 0 radical (unpaired) electrons. The molecule has 1 aliphatic heterocycles. The third-order valence-corrected chi connectivity index (χ3v) is 4.31. The Hall–Kier alpha value is -2.90. The summed E-state index contributed by atoms with van der Waals surface area (Å²) in [4.78, 5) is 26.0. The standard InChI is InChI=1S/C19H23FN4O3/c1-11-9-12(5-6-13(11)20)16-15(17(21)25)14-10-23(7-8-24(14)22-16)18(26)27-19(2,3)4/h5-6,9H,7-8,10H2,1-4H3,(H2,21,25). The van der Waals surface area contributed by atoms with Crippen LogP contribution in [0.5, 0.6) is 0 Å². The maximum Gasteiger partial charge on any atom is 0.410 e. The summed E-state index contributed by atoms with van der Waals surface area (Å²) in [6.45, 7) is 8.01. The number of fused-ring (bicyclic) bond motifs is 1. The molecule has 0 spiro atoms. The molecule has 0 unspecified atom stereocenters. The lowest BCUT2D eigenvalue weighted by Gasteiger charge is -2.30. The fraction of sp³-hybridized carbons (Fsp3) is 0.421. The van der Waals surface area contributed by atoms with E-state index in [1.54, 1.807) is 44.5 Å². The van der Waals surface area contributed by atoms with E-state index in [9.17, 15) is 14.0 Å². The van der Waals surface area contributed by atoms with Crippen molar-refractivity contribution < 1.29 is 18.7 Å². The predicted molar refractivity (Wildman–Crippen MR) is 97.5 cm³/mol. The van der Waals surface area contributed by atoms with Gasteiger partial charge in [-0.1, -0.05) is 0 Å². The molecule has 3 rings (SSSR count). The van der Waals surface area contributed by atoms with Crippen LogP contribution in [0.25, 0.3) is 11.3 Å². The minimum atomic E-state index is -0.640. The van der Waals surface area contributed by atoms with Crippen molar-refractivity contribution in [2.75, 3.05) is 6.54 Å². The van der Waals surface area contributed by atoms with Gasteiger partial charge in [0.05, 0.1) is 24.3 Å². The first-order chi connectivity index (χ1) is 12.6. The average molecular weight is 374 g/mol. The number of halogens is 1. The molecule has 144 valence electrons. The minimum Gasteiger partial charge on any atom is -0.444 e. The average Bonchev–Trinajstić information content (AvgIpc) is 2.94. The highest BCUT2D eigenvalue weighted by atomic mass is 19.1. The number of aryl methyl sites for hydroxylation is 1. The van der Waals surface area contributed by atoms with E-state index in [4.69, 9.17) is 10.5 Å². The lowest BCUT2D eigenvalue weighted by atomic mass is 10.0. The smallest absolute Gasteiger partial charge is 0.410 e. The number of hydrogen-bond donors (Lipinski definition) is 1. The van der Waals surface area contributed by atoms with Crippen LogP contribution in [0.1, 0.15) is 42.4 Å². The van der Waals surface area contributed by atoms with Crippen molar-refractivity contribution in [3.8, 4) is 11.3 Å². The summed E-state index contributed by atoms with van der Waals surface area (Å²) >= 11 is 0. The normalized spacial score (nSPS) is 14.0. The number of nitrogens with zero attached hydrogens (tertiary/aromatic N) is 3. The van der Waals surface area contributed by atoms with Crippen LogP contribution in [0.3, 0.4) is 0 Å². The lowest BCUT2D eigenvalue weighted by Crippen LogP contribution is -2.42. The van der Waals surface area contributed by atoms with Gasteiger partial charge in [-0.3, -0.25) is 9.48 Å². The number of ether oxygens (including phenoxy) is 1. The van der Waals surface area contributed by atoms with E-state index < -0.39 is 17.6 Å². The molecular formula is C19H23FN4O3. The maximum atomic E-state index is 13.6. The summed E-state index contributed by atoms with van der Waals surface area (Å²) in [5.74, 6) is -0.973. The largest absolute Gasteiger partial charge is 0.444 e. The number of nitrogens with two attached hydrogens (primary N) is 1. The van der Waals surface area contributed by atoms with Gasteiger partial charge in [-0.2, -0.15) is 5.10 Å². The first-order valence-corrected chi connectivity index (χ1v) is 8.71. The van der Waals surface area contributed by atoms with Crippen molar-refractivity contribution in [3.63, 3.8) is 0 Å². The van der Waals surface area contributed by atoms with Crippen molar-refractivity contribution >= 4 is 12.0 Å². The number of aromatic nitrogens is 2. The SMILES string of the molecule is Cc1cc(-c2nn3c(c2C(N)=O)CN(C(=O)OC(C)(C)C)CC3)ccc1F. The van der Waals surface area contributed by atoms with E-state index in [-0.39, 0.29) is 17.9 Å². The Morgan fingerprint density at radius 1 is 1.26 bits per heavy atom. The molecular weight excluding hydrogens is 351 g/mol. The molecule has 0 aliphatic carbocycles. The molecule has 0 fully saturated rings. The Balaban J connectivity index is 1.99. The van der Waals surface area contributed by atoms with Crippen LogP contribution in [0.4, 0.5) is 9.18 Å². The van der Waals surface area contributed by atoms with E-state index in [0.717, 1.165) is 0 Å². The summed E-state index contributed by atoms with van der Waals surface area (Å²) in [7, 11) is 0. The van der Waals surface area contributed by atoms with Crippen molar-refractivity contribution in [1.82, 2.24) is 14.7 Å². The molecule has 7 nitrogen and oxygen atoms in total. The number of primary amides is 1. The van der Waals surface area contributed by atoms with Crippen LogP contribution in [0.15, 0.2) is 18.2 Å². The van der Waals surface area contributed by atoms with Crippen LogP contribution >= 0.6 is 0 Å². The van der Waals surface area contributed by atoms with Crippen molar-refractivity contribution in [1.29, 1.82) is 0 Å². The van der Waals surface area contributed by atoms with Crippen LogP contribution in [-0.4, -0.2) is 38.8 Å². The summed E-state index contributed by atoms with van der Waals surface area (Å²) in [6, 6.07) is 4.53. The first-order valence-electron chi connectivity index (χ1n) is 8.71. The molecule has 1 aliphatic rings. The highest BCUT2D eigenvalue weighted by Gasteiger charge is 2.31. The van der Waals surface area contributed by atoms with Crippen LogP contribution < -0.4 is 5.73 Å². The molecule has 0 saturated carbocycles. The van der Waals surface area contributed by atoms with Gasteiger partial charge in [-0.25, -0.2) is 9.18 Å². The second-order valence-corrected chi connectivity index (χ2v) is 7.62. The zero-order chi connectivity index (χ0) is 19.9. The molecule has 27 heavy (non-hydrogen) atoms. The number of benzene rings is 1. The first kappa shape index (κ1) is 18.9. The minimum absolute atomic E-state index is 0.167. The van der Waals surface area contributed by atoms with Gasteiger partial charge in [0.1, 0.15) is 17.1 Å². The quantitative estimate of drug-likeness (QED) is 0.875. The monoisotopic (exact) mass is 374 g/mol. The van der Waals surface area contributed by atoms with Gasteiger partial charge in [-0.05, 0) is 51.5 Å². The third kappa shape index (κ3) is 3.79. The van der Waals surface area contributed by atoms with Crippen LogP contribution in [-0.2, 0) is 17.8 Å². The van der Waals surface area contributed by atoms with E-state index in [1.807, 2.05) is 0 Å². The Morgan fingerprint density at radius 2 is 1.96 bits per heavy atom. The summed E-state index contributed by atoms with van der Waals surface area (Å²) in [5.41, 5.74) is 7.24. The van der Waals surface area contributed by atoms with Gasteiger partial charge in [0.25, 0.3) is 5.91 Å². The molecule has 2 aromatic rings. The van der Waals surface area contributed by atoms with E-state index >= 15 is 0 Å². The maximum absolute atomic E-state index is 13.6. The molecule has 0 bridgehead atoms. The number of amides is 2. The molecule has 2 heterocycles. The summed E-state index contributed by atoms with van der Waals surface area (Å²) in [6.07, 6.45) is -0.454. The van der Waals surface area contributed by atoms with E-state index in [1.165, 1.54) is 11.0 Å². The molecule has 1 aromatic carbocycles. The van der Waals surface area contributed by atoms with Crippen LogP contribution in [0.2, 0.25) is 0 Å². The Kier molecular flexibility index (Phi) is 4.67. The van der Waals surface area contributed by atoms with Gasteiger partial charge in [0.15, 0.2) is 0 Å². The number of carbonyl (C=O) groups excluding carboxylic acids is 2. The Labute approximate surface area is 156 Å². The molecule has 2 amide bonds. The van der Waals surface area contributed by atoms with Gasteiger partial charge >= 0.3 is 6.09 Å². The molecule has 0 atom stereocenters. The molecule has 0 saturated heterocycles. The fourth-order valence-electron chi connectivity index (χ4n) is 3.05. The molecule has 1 aromatic heterocycles. The zero-order valence-electron chi connectivity index (χ0n) is 15.9. The van der Waals surface area contributed by atoms with Gasteiger partial charge in [0.2, 0.25) is 0 Å². The number of carbonyl (C=O) groups is 2. The van der Waals surface area contributed by atoms with E-state index in [2.05, 4.69) is 5.10 Å². The second kappa shape index (κ2) is 6.68.